The van der Waals surface area contributed by atoms with Crippen molar-refractivity contribution in [3.63, 3.8) is 0 Å². The Balaban J connectivity index is 1.97. The maximum atomic E-state index is 5.79. The van der Waals surface area contributed by atoms with Gasteiger partial charge in [0.05, 0.1) is 23.7 Å². The number of halogens is 1. The zero-order valence-corrected chi connectivity index (χ0v) is 12.4. The zero-order chi connectivity index (χ0) is 12.5. The lowest BCUT2D eigenvalue weighted by molar-refractivity contribution is 0.00641. The van der Waals surface area contributed by atoms with Gasteiger partial charge in [0.15, 0.2) is 4.77 Å². The monoisotopic (exact) mass is 326 g/mol. The summed E-state index contributed by atoms with van der Waals surface area (Å²) in [5.74, 6) is 0. The second-order valence-corrected chi connectivity index (χ2v) is 5.99. The number of hydrogen-bond donors (Lipinski definition) is 1. The van der Waals surface area contributed by atoms with Crippen LogP contribution in [0, 0.1) is 4.77 Å². The van der Waals surface area contributed by atoms with Crippen LogP contribution in [0.25, 0.3) is 11.0 Å². The number of nitrogens with zero attached hydrogens (tertiary/aromatic N) is 1. The molecule has 1 aliphatic heterocycles. The smallest absolute Gasteiger partial charge is 0.178 e. The molecule has 1 unspecified atom stereocenters. The highest BCUT2D eigenvalue weighted by Crippen LogP contribution is 2.22. The molecule has 2 heterocycles. The van der Waals surface area contributed by atoms with Crippen molar-refractivity contribution in [2.24, 2.45) is 0 Å². The fourth-order valence-corrected chi connectivity index (χ4v) is 3.09. The summed E-state index contributed by atoms with van der Waals surface area (Å²) in [4.78, 5) is 3.25. The Bertz CT molecular complexity index is 613. The van der Waals surface area contributed by atoms with Crippen LogP contribution in [0.15, 0.2) is 22.7 Å². The quantitative estimate of drug-likeness (QED) is 0.844. The predicted molar refractivity (Wildman–Crippen MR) is 78.4 cm³/mol. The molecule has 0 bridgehead atoms. The molecule has 1 aromatic carbocycles. The Morgan fingerprint density at radius 3 is 3.11 bits per heavy atom. The van der Waals surface area contributed by atoms with Gasteiger partial charge in [0, 0.05) is 11.1 Å². The first-order chi connectivity index (χ1) is 8.74. The van der Waals surface area contributed by atoms with Crippen LogP contribution in [-0.4, -0.2) is 22.3 Å². The Kier molecular flexibility index (Phi) is 3.54. The van der Waals surface area contributed by atoms with Crippen LogP contribution >= 0.6 is 28.1 Å². The maximum absolute atomic E-state index is 5.79. The number of imidazole rings is 1. The van der Waals surface area contributed by atoms with Crippen LogP contribution < -0.4 is 0 Å². The summed E-state index contributed by atoms with van der Waals surface area (Å²) in [5.41, 5.74) is 2.22. The van der Waals surface area contributed by atoms with Crippen molar-refractivity contribution in [2.45, 2.75) is 31.9 Å². The van der Waals surface area contributed by atoms with Crippen LogP contribution in [0.3, 0.4) is 0 Å². The van der Waals surface area contributed by atoms with E-state index in [2.05, 4.69) is 31.5 Å². The molecule has 1 fully saturated rings. The Hall–Kier alpha value is -0.650. The minimum atomic E-state index is 0.295. The van der Waals surface area contributed by atoms with Crippen molar-refractivity contribution in [2.75, 3.05) is 6.61 Å². The lowest BCUT2D eigenvalue weighted by atomic mass is 10.1. The van der Waals surface area contributed by atoms with Crippen molar-refractivity contribution < 1.29 is 4.74 Å². The molecule has 0 spiro atoms. The molecule has 3 nitrogen and oxygen atoms in total. The first-order valence-corrected chi connectivity index (χ1v) is 7.44. The van der Waals surface area contributed by atoms with E-state index in [0.29, 0.717) is 6.10 Å². The number of hydrogen-bond acceptors (Lipinski definition) is 2. The molecule has 1 atom stereocenters. The van der Waals surface area contributed by atoms with E-state index in [1.54, 1.807) is 0 Å². The maximum Gasteiger partial charge on any atom is 0.178 e. The van der Waals surface area contributed by atoms with Crippen molar-refractivity contribution >= 4 is 39.2 Å². The normalized spacial score (nSPS) is 20.4. The van der Waals surface area contributed by atoms with Crippen molar-refractivity contribution in [1.29, 1.82) is 0 Å². The lowest BCUT2D eigenvalue weighted by Crippen LogP contribution is -2.24. The molecule has 1 aliphatic rings. The first-order valence-electron chi connectivity index (χ1n) is 6.24. The first kappa shape index (κ1) is 12.4. The molecule has 3 rings (SSSR count). The van der Waals surface area contributed by atoms with E-state index in [1.807, 2.05) is 12.1 Å². The van der Waals surface area contributed by atoms with Gasteiger partial charge in [-0.15, -0.1) is 0 Å². The van der Waals surface area contributed by atoms with E-state index in [9.17, 15) is 0 Å². The van der Waals surface area contributed by atoms with Gasteiger partial charge in [-0.2, -0.15) is 0 Å². The van der Waals surface area contributed by atoms with Gasteiger partial charge in [0.1, 0.15) is 0 Å². The highest BCUT2D eigenvalue weighted by Gasteiger charge is 2.16. The van der Waals surface area contributed by atoms with E-state index in [0.717, 1.165) is 39.8 Å². The van der Waals surface area contributed by atoms with Gasteiger partial charge in [0.2, 0.25) is 0 Å². The molecule has 96 valence electrons. The summed E-state index contributed by atoms with van der Waals surface area (Å²) in [5, 5.41) is 0. The van der Waals surface area contributed by atoms with Gasteiger partial charge < -0.3 is 14.3 Å². The number of nitrogens with one attached hydrogen (secondary N) is 1. The lowest BCUT2D eigenvalue weighted by Gasteiger charge is -2.23. The van der Waals surface area contributed by atoms with Crippen LogP contribution in [0.4, 0.5) is 0 Å². The molecule has 0 radical (unpaired) electrons. The summed E-state index contributed by atoms with van der Waals surface area (Å²) >= 11 is 8.91. The van der Waals surface area contributed by atoms with Crippen molar-refractivity contribution in [1.82, 2.24) is 9.55 Å². The fraction of sp³-hybridized carbons (Fsp3) is 0.462. The van der Waals surface area contributed by atoms with Gasteiger partial charge in [-0.05, 0) is 49.7 Å². The molecular formula is C13H15BrN2OS. The van der Waals surface area contributed by atoms with E-state index < -0.39 is 0 Å². The molecule has 1 aromatic heterocycles. The van der Waals surface area contributed by atoms with Gasteiger partial charge in [-0.1, -0.05) is 15.9 Å². The van der Waals surface area contributed by atoms with E-state index >= 15 is 0 Å². The van der Waals surface area contributed by atoms with Crippen LogP contribution in [-0.2, 0) is 11.3 Å². The number of rotatable bonds is 2. The fourth-order valence-electron chi connectivity index (χ4n) is 2.46. The second kappa shape index (κ2) is 5.15. The molecule has 0 amide bonds. The number of aromatic amines is 1. The number of fused-ring (bicyclic) bond motifs is 1. The summed E-state index contributed by atoms with van der Waals surface area (Å²) in [6.07, 6.45) is 3.86. The molecule has 1 saturated heterocycles. The predicted octanol–water partition coefficient (Wildman–Crippen LogP) is 4.03. The molecular weight excluding hydrogens is 312 g/mol. The summed E-state index contributed by atoms with van der Waals surface area (Å²) in [6.45, 7) is 1.72. The summed E-state index contributed by atoms with van der Waals surface area (Å²) < 4.78 is 9.78. The molecule has 0 aliphatic carbocycles. The third-order valence-corrected chi connectivity index (χ3v) is 4.21. The van der Waals surface area contributed by atoms with Gasteiger partial charge >= 0.3 is 0 Å². The third-order valence-electron chi connectivity index (χ3n) is 3.40. The minimum Gasteiger partial charge on any atom is -0.376 e. The third kappa shape index (κ3) is 2.39. The van der Waals surface area contributed by atoms with E-state index in [1.165, 1.54) is 12.8 Å². The number of aromatic nitrogens is 2. The Morgan fingerprint density at radius 2 is 2.33 bits per heavy atom. The average Bonchev–Trinajstić information content (AvgIpc) is 2.67. The van der Waals surface area contributed by atoms with E-state index in [4.69, 9.17) is 17.0 Å². The highest BCUT2D eigenvalue weighted by molar-refractivity contribution is 9.10. The molecule has 18 heavy (non-hydrogen) atoms. The Labute approximate surface area is 119 Å². The number of ether oxygens (including phenoxy) is 1. The van der Waals surface area contributed by atoms with Crippen molar-refractivity contribution in [3.05, 3.63) is 27.4 Å². The second-order valence-electron chi connectivity index (χ2n) is 4.69. The molecule has 1 N–H and O–H groups in total. The SMILES string of the molecule is S=c1[nH]c2ccc(Br)cc2n1CC1CCCCO1. The topological polar surface area (TPSA) is 29.9 Å². The Morgan fingerprint density at radius 1 is 1.44 bits per heavy atom. The summed E-state index contributed by atoms with van der Waals surface area (Å²) in [6, 6.07) is 6.17. The van der Waals surface area contributed by atoms with Gasteiger partial charge in [-0.25, -0.2) is 0 Å². The van der Waals surface area contributed by atoms with Crippen LogP contribution in [0.1, 0.15) is 19.3 Å². The molecule has 5 heteroatoms. The van der Waals surface area contributed by atoms with Gasteiger partial charge in [-0.3, -0.25) is 0 Å². The minimum absolute atomic E-state index is 0.295. The largest absolute Gasteiger partial charge is 0.376 e. The zero-order valence-electron chi connectivity index (χ0n) is 9.99. The van der Waals surface area contributed by atoms with Crippen molar-refractivity contribution in [3.8, 4) is 0 Å². The molecule has 2 aromatic rings. The summed E-state index contributed by atoms with van der Waals surface area (Å²) in [7, 11) is 0. The average molecular weight is 327 g/mol. The molecule has 0 saturated carbocycles. The standard InChI is InChI=1S/C13H15BrN2OS/c14-9-4-5-11-12(7-9)16(13(18)15-11)8-10-3-1-2-6-17-10/h4-5,7,10H,1-3,6,8H2,(H,15,18). The number of H-pyrrole nitrogens is 1. The van der Waals surface area contributed by atoms with Crippen LogP contribution in [0.2, 0.25) is 0 Å². The number of benzene rings is 1. The van der Waals surface area contributed by atoms with E-state index in [-0.39, 0.29) is 0 Å². The van der Waals surface area contributed by atoms with Gasteiger partial charge in [0.25, 0.3) is 0 Å². The van der Waals surface area contributed by atoms with Crippen LogP contribution in [0.5, 0.6) is 0 Å². The highest BCUT2D eigenvalue weighted by atomic mass is 79.9.